The average molecular weight is 126 g/mol. The molecule has 0 bridgehead atoms. The largest absolute Gasteiger partial charge is 0.354 e. The van der Waals surface area contributed by atoms with E-state index >= 15 is 0 Å². The van der Waals surface area contributed by atoms with Gasteiger partial charge in [-0.15, -0.1) is 0 Å². The molecule has 0 aromatic heterocycles. The van der Waals surface area contributed by atoms with Crippen LogP contribution in [0.4, 0.5) is 0 Å². The molecule has 0 saturated carbocycles. The highest BCUT2D eigenvalue weighted by Gasteiger charge is 1.95. The van der Waals surface area contributed by atoms with Gasteiger partial charge in [-0.2, -0.15) is 0 Å². The summed E-state index contributed by atoms with van der Waals surface area (Å²) in [5, 5.41) is 5.95. The fourth-order valence-corrected chi connectivity index (χ4v) is 0.962. The maximum absolute atomic E-state index is 3.58. The molecule has 0 fully saturated rings. The molecule has 3 heteroatoms. The van der Waals surface area contributed by atoms with Gasteiger partial charge in [-0.05, 0) is 12.1 Å². The second kappa shape index (κ2) is 2.57. The van der Waals surface area contributed by atoms with E-state index in [0.717, 1.165) is 5.03 Å². The predicted molar refractivity (Wildman–Crippen MR) is 37.5 cm³/mol. The molecule has 0 aliphatic carbocycles. The van der Waals surface area contributed by atoms with Crippen LogP contribution in [0.1, 0.15) is 0 Å². The second-order valence-corrected chi connectivity index (χ2v) is 2.19. The third-order valence-electron chi connectivity index (χ3n) is 0.697. The van der Waals surface area contributed by atoms with E-state index in [9.17, 15) is 0 Å². The van der Waals surface area contributed by atoms with Crippen molar-refractivity contribution in [3.8, 4) is 0 Å². The Hall–Kier alpha value is -0.700. The van der Waals surface area contributed by atoms with Crippen molar-refractivity contribution in [2.24, 2.45) is 4.99 Å². The van der Waals surface area contributed by atoms with Gasteiger partial charge in [0.25, 0.3) is 0 Å². The highest BCUT2D eigenvalue weighted by Crippen LogP contribution is 2.18. The second-order valence-electron chi connectivity index (χ2n) is 1.24. The third kappa shape index (κ3) is 1.13. The Morgan fingerprint density at radius 1 is 1.88 bits per heavy atom. The number of aliphatic imine (C=N–C) groups is 1. The molecule has 1 rings (SSSR count). The summed E-state index contributed by atoms with van der Waals surface area (Å²) < 4.78 is 0. The molecule has 1 N–H and O–H groups in total. The number of hydrogen-bond donors (Lipinski definition) is 1. The Kier molecular flexibility index (Phi) is 1.75. The van der Waals surface area contributed by atoms with Gasteiger partial charge >= 0.3 is 0 Å². The lowest BCUT2D eigenvalue weighted by Crippen LogP contribution is -1.92. The molecule has 1 aliphatic rings. The zero-order valence-electron chi connectivity index (χ0n) is 4.29. The molecule has 0 aromatic rings. The molecule has 2 nitrogen and oxygen atoms in total. The van der Waals surface area contributed by atoms with E-state index in [-0.39, 0.29) is 0 Å². The van der Waals surface area contributed by atoms with Crippen LogP contribution in [-0.4, -0.2) is 6.72 Å². The Morgan fingerprint density at radius 2 is 2.75 bits per heavy atom. The molecular formula is C5H6N2S. The molecule has 42 valence electrons. The zero-order valence-corrected chi connectivity index (χ0v) is 5.11. The number of thioether (sulfide) groups is 1. The van der Waals surface area contributed by atoms with Gasteiger partial charge < -0.3 is 5.32 Å². The van der Waals surface area contributed by atoms with Gasteiger partial charge in [0.15, 0.2) is 0 Å². The molecule has 0 saturated heterocycles. The first-order valence-electron chi connectivity index (χ1n) is 2.17. The van der Waals surface area contributed by atoms with Crippen LogP contribution in [-0.2, 0) is 0 Å². The van der Waals surface area contributed by atoms with Crippen molar-refractivity contribution in [1.29, 1.82) is 0 Å². The lowest BCUT2D eigenvalue weighted by atomic mass is 10.8. The van der Waals surface area contributed by atoms with Crippen molar-refractivity contribution in [3.63, 3.8) is 0 Å². The predicted octanol–water partition coefficient (Wildman–Crippen LogP) is 1.29. The molecule has 0 spiro atoms. The topological polar surface area (TPSA) is 24.4 Å². The van der Waals surface area contributed by atoms with Gasteiger partial charge in [0, 0.05) is 6.20 Å². The lowest BCUT2D eigenvalue weighted by Gasteiger charge is -1.89. The van der Waals surface area contributed by atoms with E-state index in [1.807, 2.05) is 11.6 Å². The monoisotopic (exact) mass is 126 g/mol. The van der Waals surface area contributed by atoms with Gasteiger partial charge in [0.05, 0.1) is 11.2 Å². The first-order valence-corrected chi connectivity index (χ1v) is 3.05. The van der Waals surface area contributed by atoms with E-state index in [1.165, 1.54) is 0 Å². The summed E-state index contributed by atoms with van der Waals surface area (Å²) >= 11 is 1.60. The molecule has 1 heterocycles. The molecule has 0 atom stereocenters. The molecule has 0 aromatic carbocycles. The Labute approximate surface area is 52.4 Å². The van der Waals surface area contributed by atoms with Crippen LogP contribution < -0.4 is 5.32 Å². The molecule has 0 amide bonds. The number of rotatable bonds is 1. The fraction of sp³-hybridized carbons (Fsp3) is 0. The van der Waals surface area contributed by atoms with E-state index in [2.05, 4.69) is 17.0 Å². The summed E-state index contributed by atoms with van der Waals surface area (Å²) in [5.74, 6) is 0. The highest BCUT2D eigenvalue weighted by molar-refractivity contribution is 8.06. The first kappa shape index (κ1) is 5.44. The summed E-state index contributed by atoms with van der Waals surface area (Å²) in [6, 6.07) is 0. The summed E-state index contributed by atoms with van der Waals surface area (Å²) in [6.07, 6.45) is 3.55. The van der Waals surface area contributed by atoms with Crippen molar-refractivity contribution in [3.05, 3.63) is 22.8 Å². The van der Waals surface area contributed by atoms with E-state index in [0.29, 0.717) is 0 Å². The minimum absolute atomic E-state index is 1.03. The number of nitrogens with one attached hydrogen (secondary N) is 1. The van der Waals surface area contributed by atoms with Crippen LogP contribution in [0.2, 0.25) is 0 Å². The minimum Gasteiger partial charge on any atom is -0.354 e. The number of hydrogen-bond acceptors (Lipinski definition) is 3. The summed E-state index contributed by atoms with van der Waals surface area (Å²) in [7, 11) is 0. The molecule has 0 radical (unpaired) electrons. The Bertz CT molecular complexity index is 139. The lowest BCUT2D eigenvalue weighted by molar-refractivity contribution is 1.18. The van der Waals surface area contributed by atoms with Crippen LogP contribution in [0, 0.1) is 0 Å². The highest BCUT2D eigenvalue weighted by atomic mass is 32.2. The first-order chi connectivity index (χ1) is 3.93. The summed E-state index contributed by atoms with van der Waals surface area (Å²) in [6.45, 7) is 3.32. The fourth-order valence-electron chi connectivity index (χ4n) is 0.408. The van der Waals surface area contributed by atoms with Crippen LogP contribution in [0.5, 0.6) is 0 Å². The van der Waals surface area contributed by atoms with Crippen LogP contribution in [0.25, 0.3) is 0 Å². The Morgan fingerprint density at radius 3 is 3.25 bits per heavy atom. The molecular weight excluding hydrogens is 120 g/mol. The van der Waals surface area contributed by atoms with Crippen LogP contribution in [0.15, 0.2) is 27.8 Å². The molecule has 8 heavy (non-hydrogen) atoms. The third-order valence-corrected chi connectivity index (χ3v) is 1.45. The van der Waals surface area contributed by atoms with Gasteiger partial charge in [-0.1, -0.05) is 11.8 Å². The summed E-state index contributed by atoms with van der Waals surface area (Å²) in [5.41, 5.74) is 0. The van der Waals surface area contributed by atoms with E-state index in [1.54, 1.807) is 18.0 Å². The van der Waals surface area contributed by atoms with Crippen molar-refractivity contribution in [2.45, 2.75) is 0 Å². The maximum Gasteiger partial charge on any atom is 0.0950 e. The van der Waals surface area contributed by atoms with Crippen LogP contribution >= 0.6 is 11.8 Å². The summed E-state index contributed by atoms with van der Waals surface area (Å²) in [4.78, 5) is 3.58. The normalized spacial score (nSPS) is 21.2. The zero-order chi connectivity index (χ0) is 5.82. The Balaban J connectivity index is 2.50. The van der Waals surface area contributed by atoms with E-state index in [4.69, 9.17) is 0 Å². The van der Waals surface area contributed by atoms with Crippen molar-refractivity contribution < 1.29 is 0 Å². The van der Waals surface area contributed by atoms with Crippen molar-refractivity contribution in [2.75, 3.05) is 0 Å². The van der Waals surface area contributed by atoms with Crippen molar-refractivity contribution >= 4 is 18.5 Å². The van der Waals surface area contributed by atoms with E-state index < -0.39 is 0 Å². The van der Waals surface area contributed by atoms with Gasteiger partial charge in [-0.3, -0.25) is 4.99 Å². The van der Waals surface area contributed by atoms with Gasteiger partial charge in [0.1, 0.15) is 0 Å². The molecule has 0 unspecified atom stereocenters. The average Bonchev–Trinajstić information content (AvgIpc) is 2.19. The standard InChI is InChI=1S/C5H6N2S/c1-6-4-5-7-2-3-8-5/h2-4,7H,1H2/b5-4-. The smallest absolute Gasteiger partial charge is 0.0950 e. The van der Waals surface area contributed by atoms with Gasteiger partial charge in [-0.25, -0.2) is 0 Å². The SMILES string of the molecule is C=N/C=C1/NC=CS1. The quantitative estimate of drug-likeness (QED) is 0.535. The van der Waals surface area contributed by atoms with Crippen LogP contribution in [0.3, 0.4) is 0 Å². The number of nitrogens with zero attached hydrogens (tertiary/aromatic N) is 1. The maximum atomic E-state index is 3.58. The molecule has 1 aliphatic heterocycles. The van der Waals surface area contributed by atoms with Crippen molar-refractivity contribution in [1.82, 2.24) is 5.32 Å². The minimum atomic E-state index is 1.03. The van der Waals surface area contributed by atoms with Gasteiger partial charge in [0.2, 0.25) is 0 Å².